The van der Waals surface area contributed by atoms with Crippen LogP contribution in [0.1, 0.15) is 23.1 Å². The van der Waals surface area contributed by atoms with Crippen LogP contribution in [0.3, 0.4) is 0 Å². The molecule has 0 saturated heterocycles. The predicted molar refractivity (Wildman–Crippen MR) is 84.8 cm³/mol. The van der Waals surface area contributed by atoms with Crippen LogP contribution in [0.25, 0.3) is 0 Å². The van der Waals surface area contributed by atoms with Gasteiger partial charge in [0, 0.05) is 13.6 Å². The van der Waals surface area contributed by atoms with Crippen LogP contribution in [0.5, 0.6) is 0 Å². The number of hydrogen-bond donors (Lipinski definition) is 1. The summed E-state index contributed by atoms with van der Waals surface area (Å²) >= 11 is 0. The molecule has 0 fully saturated rings. The van der Waals surface area contributed by atoms with Crippen molar-refractivity contribution in [2.75, 3.05) is 34.2 Å². The first kappa shape index (κ1) is 18.1. The van der Waals surface area contributed by atoms with Gasteiger partial charge in [0.1, 0.15) is 0 Å². The summed E-state index contributed by atoms with van der Waals surface area (Å²) in [5.41, 5.74) is 2.24. The van der Waals surface area contributed by atoms with Crippen molar-refractivity contribution in [1.82, 2.24) is 9.21 Å². The van der Waals surface area contributed by atoms with E-state index in [2.05, 4.69) is 0 Å². The van der Waals surface area contributed by atoms with Crippen molar-refractivity contribution in [3.05, 3.63) is 28.8 Å². The Morgan fingerprint density at radius 2 is 1.71 bits per heavy atom. The zero-order valence-electron chi connectivity index (χ0n) is 13.5. The number of aliphatic hydroxyl groups excluding tert-OH is 1. The van der Waals surface area contributed by atoms with E-state index in [1.54, 1.807) is 20.0 Å². The Morgan fingerprint density at radius 1 is 1.10 bits per heavy atom. The number of benzene rings is 1. The molecular weight excluding hydrogens is 288 g/mol. The molecule has 0 aromatic heterocycles. The maximum atomic E-state index is 12.7. The Bertz CT molecular complexity index is 583. The van der Waals surface area contributed by atoms with Crippen LogP contribution in [0.15, 0.2) is 17.0 Å². The minimum atomic E-state index is -3.52. The maximum Gasteiger partial charge on any atom is 0.243 e. The van der Waals surface area contributed by atoms with E-state index in [-0.39, 0.29) is 6.61 Å². The topological polar surface area (TPSA) is 60.9 Å². The van der Waals surface area contributed by atoms with Crippen molar-refractivity contribution in [2.45, 2.75) is 31.8 Å². The van der Waals surface area contributed by atoms with Gasteiger partial charge < -0.3 is 10.0 Å². The summed E-state index contributed by atoms with van der Waals surface area (Å²) in [5, 5.41) is 9.27. The molecule has 0 aliphatic carbocycles. The lowest BCUT2D eigenvalue weighted by atomic mass is 10.1. The fourth-order valence-corrected chi connectivity index (χ4v) is 3.71. The molecule has 0 spiro atoms. The first-order chi connectivity index (χ1) is 9.70. The fraction of sp³-hybridized carbons (Fsp3) is 0.600. The van der Waals surface area contributed by atoms with Crippen LogP contribution < -0.4 is 0 Å². The van der Waals surface area contributed by atoms with Gasteiger partial charge in [-0.3, -0.25) is 0 Å². The van der Waals surface area contributed by atoms with Crippen LogP contribution in [0, 0.1) is 13.8 Å². The third kappa shape index (κ3) is 4.51. The molecule has 1 N–H and O–H groups in total. The van der Waals surface area contributed by atoms with Gasteiger partial charge in [0.05, 0.1) is 11.5 Å². The summed E-state index contributed by atoms with van der Waals surface area (Å²) in [6.45, 7) is 4.82. The maximum absolute atomic E-state index is 12.7. The molecular formula is C15H26N2O3S. The second-order valence-electron chi connectivity index (χ2n) is 5.68. The van der Waals surface area contributed by atoms with E-state index in [0.29, 0.717) is 17.0 Å². The summed E-state index contributed by atoms with van der Waals surface area (Å²) < 4.78 is 26.7. The third-order valence-electron chi connectivity index (χ3n) is 3.63. The first-order valence-corrected chi connectivity index (χ1v) is 8.46. The Kier molecular flexibility index (Phi) is 6.34. The molecule has 5 nitrogen and oxygen atoms in total. The SMILES string of the molecule is Cc1cc(CO)cc(S(=O)(=O)N(C)CCCN(C)C)c1C. The number of aryl methyl sites for hydroxylation is 1. The minimum Gasteiger partial charge on any atom is -0.392 e. The van der Waals surface area contributed by atoms with Gasteiger partial charge in [0.2, 0.25) is 10.0 Å². The van der Waals surface area contributed by atoms with E-state index in [4.69, 9.17) is 0 Å². The Hall–Kier alpha value is -0.950. The summed E-state index contributed by atoms with van der Waals surface area (Å²) in [5.74, 6) is 0. The monoisotopic (exact) mass is 314 g/mol. The molecule has 6 heteroatoms. The molecule has 1 rings (SSSR count). The molecule has 0 heterocycles. The number of rotatable bonds is 7. The standard InChI is InChI=1S/C15H26N2O3S/c1-12-9-14(11-18)10-15(13(12)2)21(19,20)17(5)8-6-7-16(3)4/h9-10,18H,6-8,11H2,1-5H3. The lowest BCUT2D eigenvalue weighted by molar-refractivity contribution is 0.281. The van der Waals surface area contributed by atoms with Gasteiger partial charge in [-0.05, 0) is 63.7 Å². The van der Waals surface area contributed by atoms with Crippen LogP contribution in [-0.4, -0.2) is 57.0 Å². The van der Waals surface area contributed by atoms with Gasteiger partial charge in [-0.1, -0.05) is 6.07 Å². The molecule has 0 aliphatic rings. The highest BCUT2D eigenvalue weighted by molar-refractivity contribution is 7.89. The smallest absolute Gasteiger partial charge is 0.243 e. The summed E-state index contributed by atoms with van der Waals surface area (Å²) in [7, 11) is 2.01. The molecule has 0 unspecified atom stereocenters. The van der Waals surface area contributed by atoms with Crippen molar-refractivity contribution in [3.8, 4) is 0 Å². The van der Waals surface area contributed by atoms with Crippen molar-refractivity contribution in [2.24, 2.45) is 0 Å². The minimum absolute atomic E-state index is 0.159. The van der Waals surface area contributed by atoms with Crippen molar-refractivity contribution >= 4 is 10.0 Å². The van der Waals surface area contributed by atoms with Gasteiger partial charge in [-0.2, -0.15) is 0 Å². The molecule has 21 heavy (non-hydrogen) atoms. The van der Waals surface area contributed by atoms with Gasteiger partial charge in [-0.25, -0.2) is 12.7 Å². The number of sulfonamides is 1. The molecule has 0 amide bonds. The average Bonchev–Trinajstić information content (AvgIpc) is 2.40. The average molecular weight is 314 g/mol. The molecule has 0 radical (unpaired) electrons. The largest absolute Gasteiger partial charge is 0.392 e. The highest BCUT2D eigenvalue weighted by atomic mass is 32.2. The second-order valence-corrected chi connectivity index (χ2v) is 7.69. The molecule has 1 aromatic rings. The molecule has 0 bridgehead atoms. The summed E-state index contributed by atoms with van der Waals surface area (Å²) in [6.07, 6.45) is 0.778. The van der Waals surface area contributed by atoms with Gasteiger partial charge in [0.15, 0.2) is 0 Å². The quantitative estimate of drug-likeness (QED) is 0.826. The van der Waals surface area contributed by atoms with Crippen molar-refractivity contribution < 1.29 is 13.5 Å². The van der Waals surface area contributed by atoms with E-state index < -0.39 is 10.0 Å². The molecule has 1 aromatic carbocycles. The van der Waals surface area contributed by atoms with E-state index in [1.807, 2.05) is 32.0 Å². The molecule has 0 atom stereocenters. The van der Waals surface area contributed by atoms with Crippen LogP contribution in [0.2, 0.25) is 0 Å². The normalized spacial score (nSPS) is 12.4. The number of nitrogens with zero attached hydrogens (tertiary/aromatic N) is 2. The predicted octanol–water partition coefficient (Wildman–Crippen LogP) is 1.37. The molecule has 0 saturated carbocycles. The van der Waals surface area contributed by atoms with E-state index in [1.165, 1.54) is 4.31 Å². The Labute approximate surface area is 128 Å². The van der Waals surface area contributed by atoms with Gasteiger partial charge in [0.25, 0.3) is 0 Å². The molecule has 120 valence electrons. The van der Waals surface area contributed by atoms with Crippen LogP contribution in [0.4, 0.5) is 0 Å². The first-order valence-electron chi connectivity index (χ1n) is 7.02. The van der Waals surface area contributed by atoms with Gasteiger partial charge in [-0.15, -0.1) is 0 Å². The van der Waals surface area contributed by atoms with Crippen molar-refractivity contribution in [1.29, 1.82) is 0 Å². The Morgan fingerprint density at radius 3 is 2.24 bits per heavy atom. The van der Waals surface area contributed by atoms with E-state index in [0.717, 1.165) is 24.1 Å². The zero-order chi connectivity index (χ0) is 16.2. The lowest BCUT2D eigenvalue weighted by Crippen LogP contribution is -2.30. The fourth-order valence-electron chi connectivity index (χ4n) is 2.16. The van der Waals surface area contributed by atoms with Crippen LogP contribution >= 0.6 is 0 Å². The highest BCUT2D eigenvalue weighted by Gasteiger charge is 2.23. The highest BCUT2D eigenvalue weighted by Crippen LogP contribution is 2.24. The molecule has 0 aliphatic heterocycles. The van der Waals surface area contributed by atoms with Gasteiger partial charge >= 0.3 is 0 Å². The zero-order valence-corrected chi connectivity index (χ0v) is 14.4. The lowest BCUT2D eigenvalue weighted by Gasteiger charge is -2.21. The van der Waals surface area contributed by atoms with E-state index >= 15 is 0 Å². The number of aliphatic hydroxyl groups is 1. The van der Waals surface area contributed by atoms with Crippen molar-refractivity contribution in [3.63, 3.8) is 0 Å². The number of hydrogen-bond acceptors (Lipinski definition) is 4. The summed E-state index contributed by atoms with van der Waals surface area (Å²) in [6, 6.07) is 3.39. The second kappa shape index (κ2) is 7.35. The van der Waals surface area contributed by atoms with Crippen LogP contribution in [-0.2, 0) is 16.6 Å². The van der Waals surface area contributed by atoms with E-state index in [9.17, 15) is 13.5 Å². The Balaban J connectivity index is 3.04. The summed E-state index contributed by atoms with van der Waals surface area (Å²) in [4.78, 5) is 2.32. The third-order valence-corrected chi connectivity index (χ3v) is 5.61.